The summed E-state index contributed by atoms with van der Waals surface area (Å²) in [6, 6.07) is 0. The van der Waals surface area contributed by atoms with Crippen LogP contribution in [0.2, 0.25) is 34.1 Å². The van der Waals surface area contributed by atoms with E-state index in [9.17, 15) is 0 Å². The van der Waals surface area contributed by atoms with Crippen LogP contribution < -0.4 is 0 Å². The standard InChI is InChI=1S/C7H19BN2.C6H16N2.C3H9B/c1-8(2)6-10(5)7-9(3)4;1-5-8(4)6-7(2)3;1-4(2)3/h6-7H2,1-5H3;5-6H2,1-4H3;1-3H3. The Kier molecular flexibility index (Phi) is 21.1. The molecule has 0 saturated carbocycles. The summed E-state index contributed by atoms with van der Waals surface area (Å²) in [6.07, 6.45) is 1.18. The van der Waals surface area contributed by atoms with E-state index < -0.39 is 0 Å². The third-order valence-corrected chi connectivity index (χ3v) is 2.27. The molecule has 0 heterocycles. The van der Waals surface area contributed by atoms with Crippen molar-refractivity contribution in [3.05, 3.63) is 0 Å². The van der Waals surface area contributed by atoms with Gasteiger partial charge < -0.3 is 4.90 Å². The predicted molar refractivity (Wildman–Crippen MR) is 109 cm³/mol. The SMILES string of the molecule is CB(C)C.CB(C)CN(C)CN(C)C.CCN(C)CN(C)C. The highest BCUT2D eigenvalue weighted by Gasteiger charge is 2.03. The Bertz CT molecular complexity index is 200. The van der Waals surface area contributed by atoms with Crippen LogP contribution in [0.3, 0.4) is 0 Å². The van der Waals surface area contributed by atoms with E-state index in [1.807, 2.05) is 0 Å². The molecular formula is C16H44B2N4. The summed E-state index contributed by atoms with van der Waals surface area (Å²) in [6.45, 7) is 18.0. The summed E-state index contributed by atoms with van der Waals surface area (Å²) in [7, 11) is 12.6. The van der Waals surface area contributed by atoms with E-state index in [-0.39, 0.29) is 0 Å². The average molecular weight is 314 g/mol. The monoisotopic (exact) mass is 314 g/mol. The molecule has 0 aromatic carbocycles. The zero-order valence-electron chi connectivity index (χ0n) is 17.8. The van der Waals surface area contributed by atoms with Crippen LogP contribution >= 0.6 is 0 Å². The molecule has 0 amide bonds. The van der Waals surface area contributed by atoms with Crippen LogP contribution in [0.4, 0.5) is 0 Å². The lowest BCUT2D eigenvalue weighted by Crippen LogP contribution is -2.35. The Balaban J connectivity index is -0.000000269. The first-order valence-corrected chi connectivity index (χ1v) is 8.58. The summed E-state index contributed by atoms with van der Waals surface area (Å²) < 4.78 is 0. The molecule has 0 aromatic heterocycles. The maximum absolute atomic E-state index is 2.32. The predicted octanol–water partition coefficient (Wildman–Crippen LogP) is 2.56. The van der Waals surface area contributed by atoms with Crippen molar-refractivity contribution in [1.29, 1.82) is 0 Å². The fraction of sp³-hybridized carbons (Fsp3) is 1.00. The Morgan fingerprint density at radius 2 is 0.955 bits per heavy atom. The van der Waals surface area contributed by atoms with E-state index in [0.717, 1.165) is 33.3 Å². The number of nitrogens with zero attached hydrogens (tertiary/aromatic N) is 4. The zero-order chi connectivity index (χ0) is 18.3. The first-order chi connectivity index (χ1) is 9.92. The first-order valence-electron chi connectivity index (χ1n) is 8.58. The largest absolute Gasteiger partial charge is 0.301 e. The highest BCUT2D eigenvalue weighted by Crippen LogP contribution is 1.87. The van der Waals surface area contributed by atoms with Crippen LogP contribution in [0.1, 0.15) is 6.92 Å². The molecule has 0 atom stereocenters. The number of rotatable bonds is 7. The van der Waals surface area contributed by atoms with Crippen molar-refractivity contribution >= 4 is 13.4 Å². The zero-order valence-corrected chi connectivity index (χ0v) is 17.8. The van der Waals surface area contributed by atoms with Gasteiger partial charge in [-0.3, -0.25) is 14.7 Å². The summed E-state index contributed by atoms with van der Waals surface area (Å²) in [5.41, 5.74) is 0. The molecule has 0 aliphatic carbocycles. The molecule has 6 heteroatoms. The maximum Gasteiger partial charge on any atom is 0.150 e. The smallest absolute Gasteiger partial charge is 0.150 e. The molecule has 0 aliphatic rings. The van der Waals surface area contributed by atoms with Gasteiger partial charge in [-0.05, 0) is 55.3 Å². The van der Waals surface area contributed by atoms with Gasteiger partial charge in [0.1, 0.15) is 13.4 Å². The van der Waals surface area contributed by atoms with Gasteiger partial charge >= 0.3 is 0 Å². The second-order valence-corrected chi connectivity index (χ2v) is 7.78. The quantitative estimate of drug-likeness (QED) is 0.529. The normalized spacial score (nSPS) is 10.4. The van der Waals surface area contributed by atoms with E-state index in [4.69, 9.17) is 0 Å². The van der Waals surface area contributed by atoms with Gasteiger partial charge in [-0.15, -0.1) is 0 Å². The molecule has 0 saturated heterocycles. The molecule has 0 aliphatic heterocycles. The van der Waals surface area contributed by atoms with Crippen LogP contribution in [0.25, 0.3) is 0 Å². The molecule has 0 N–H and O–H groups in total. The van der Waals surface area contributed by atoms with Gasteiger partial charge in [0, 0.05) is 13.3 Å². The second kappa shape index (κ2) is 17.3. The molecule has 0 radical (unpaired) electrons. The maximum atomic E-state index is 2.32. The lowest BCUT2D eigenvalue weighted by molar-refractivity contribution is 0.219. The molecule has 134 valence electrons. The van der Waals surface area contributed by atoms with Gasteiger partial charge in [-0.25, -0.2) is 0 Å². The average Bonchev–Trinajstić information content (AvgIpc) is 2.25. The van der Waals surface area contributed by atoms with Crippen molar-refractivity contribution in [1.82, 2.24) is 19.6 Å². The summed E-state index contributed by atoms with van der Waals surface area (Å²) in [4.78, 5) is 8.91. The second-order valence-electron chi connectivity index (χ2n) is 7.78. The third-order valence-electron chi connectivity index (χ3n) is 2.27. The van der Waals surface area contributed by atoms with Gasteiger partial charge in [0.05, 0.1) is 0 Å². The molecule has 0 aromatic rings. The fourth-order valence-corrected chi connectivity index (χ4v) is 1.75. The van der Waals surface area contributed by atoms with Crippen molar-refractivity contribution in [3.63, 3.8) is 0 Å². The highest BCUT2D eigenvalue weighted by molar-refractivity contribution is 6.55. The van der Waals surface area contributed by atoms with Gasteiger partial charge in [0.15, 0.2) is 0 Å². The Morgan fingerprint density at radius 3 is 1.14 bits per heavy atom. The number of hydrogen-bond acceptors (Lipinski definition) is 4. The fourth-order valence-electron chi connectivity index (χ4n) is 1.75. The minimum Gasteiger partial charge on any atom is -0.301 e. The summed E-state index contributed by atoms with van der Waals surface area (Å²) in [5.74, 6) is 0. The molecule has 22 heavy (non-hydrogen) atoms. The lowest BCUT2D eigenvalue weighted by Gasteiger charge is -2.21. The molecule has 0 rings (SSSR count). The van der Waals surface area contributed by atoms with E-state index in [1.165, 1.54) is 6.44 Å². The Labute approximate surface area is 143 Å². The van der Waals surface area contributed by atoms with E-state index >= 15 is 0 Å². The van der Waals surface area contributed by atoms with Crippen LogP contribution in [0.5, 0.6) is 0 Å². The summed E-state index contributed by atoms with van der Waals surface area (Å²) in [5, 5.41) is 0. The first kappa shape index (κ1) is 26.8. The molecule has 4 nitrogen and oxygen atoms in total. The summed E-state index contributed by atoms with van der Waals surface area (Å²) >= 11 is 0. The van der Waals surface area contributed by atoms with E-state index in [2.05, 4.69) is 103 Å². The lowest BCUT2D eigenvalue weighted by atomic mass is 9.55. The molecule has 0 bridgehead atoms. The van der Waals surface area contributed by atoms with Crippen molar-refractivity contribution < 1.29 is 0 Å². The van der Waals surface area contributed by atoms with Gasteiger partial charge in [0.2, 0.25) is 0 Å². The van der Waals surface area contributed by atoms with Crippen LogP contribution in [-0.4, -0.2) is 102 Å². The number of hydrogen-bond donors (Lipinski definition) is 0. The topological polar surface area (TPSA) is 13.0 Å². The van der Waals surface area contributed by atoms with Crippen molar-refractivity contribution in [2.75, 3.05) is 68.6 Å². The van der Waals surface area contributed by atoms with Crippen LogP contribution in [0, 0.1) is 0 Å². The van der Waals surface area contributed by atoms with Crippen molar-refractivity contribution in [2.45, 2.75) is 41.0 Å². The van der Waals surface area contributed by atoms with Crippen LogP contribution in [0.15, 0.2) is 0 Å². The van der Waals surface area contributed by atoms with Crippen molar-refractivity contribution in [2.24, 2.45) is 0 Å². The minimum absolute atomic E-state index is 0.768. The molecule has 0 fully saturated rings. The van der Waals surface area contributed by atoms with Crippen molar-refractivity contribution in [3.8, 4) is 0 Å². The molecule has 0 spiro atoms. The Morgan fingerprint density at radius 1 is 0.636 bits per heavy atom. The Hall–Kier alpha value is -0.0301. The molecular weight excluding hydrogens is 270 g/mol. The third kappa shape index (κ3) is 36.8. The van der Waals surface area contributed by atoms with Gasteiger partial charge in [-0.1, -0.05) is 41.0 Å². The van der Waals surface area contributed by atoms with E-state index in [0.29, 0.717) is 0 Å². The highest BCUT2D eigenvalue weighted by atomic mass is 15.3. The minimum atomic E-state index is 0.768. The van der Waals surface area contributed by atoms with Gasteiger partial charge in [0.25, 0.3) is 0 Å². The molecule has 0 unspecified atom stereocenters. The van der Waals surface area contributed by atoms with E-state index in [1.54, 1.807) is 0 Å². The van der Waals surface area contributed by atoms with Crippen LogP contribution in [-0.2, 0) is 0 Å². The van der Waals surface area contributed by atoms with Gasteiger partial charge in [-0.2, -0.15) is 0 Å².